The Morgan fingerprint density at radius 2 is 1.90 bits per heavy atom. The number of ether oxygens (including phenoxy) is 1. The molecule has 0 saturated carbocycles. The van der Waals surface area contributed by atoms with Gasteiger partial charge in [-0.2, -0.15) is 0 Å². The predicted molar refractivity (Wildman–Crippen MR) is 27.8 cm³/mol. The first kappa shape index (κ1) is 7.90. The minimum Gasteiger partial charge on any atom is -0.829 e. The third kappa shape index (κ3) is 1.14. The van der Waals surface area contributed by atoms with Crippen LogP contribution in [0.3, 0.4) is 0 Å². The fraction of sp³-hybridized carbons (Fsp3) is 1.00. The zero-order valence-corrected chi connectivity index (χ0v) is 5.17. The first-order chi connectivity index (χ1) is 4.66. The first-order valence-electron chi connectivity index (χ1n) is 2.95. The van der Waals surface area contributed by atoms with Gasteiger partial charge in [-0.25, -0.2) is 0 Å². The van der Waals surface area contributed by atoms with Crippen LogP contribution in [-0.2, 0) is 4.74 Å². The van der Waals surface area contributed by atoms with E-state index in [1.165, 1.54) is 0 Å². The van der Waals surface area contributed by atoms with E-state index in [2.05, 4.69) is 4.74 Å². The summed E-state index contributed by atoms with van der Waals surface area (Å²) in [6, 6.07) is 0. The standard InChI is InChI=1S/C5H9O5/c6-1-2-3(7)4(8)5(9)10-2/h2-8H,1H2/q-1/t2-,3-,4-,5-/m1/s1. The van der Waals surface area contributed by atoms with E-state index in [4.69, 9.17) is 15.3 Å². The van der Waals surface area contributed by atoms with E-state index < -0.39 is 31.2 Å². The molecule has 0 aromatic heterocycles. The van der Waals surface area contributed by atoms with E-state index in [1.54, 1.807) is 0 Å². The molecule has 0 amide bonds. The van der Waals surface area contributed by atoms with Gasteiger partial charge in [0.15, 0.2) is 0 Å². The van der Waals surface area contributed by atoms with Gasteiger partial charge in [0.1, 0.15) is 12.2 Å². The van der Waals surface area contributed by atoms with Crippen LogP contribution < -0.4 is 5.11 Å². The molecule has 0 bridgehead atoms. The Balaban J connectivity index is 2.53. The Bertz CT molecular complexity index is 117. The van der Waals surface area contributed by atoms with Crippen LogP contribution in [0.5, 0.6) is 0 Å². The van der Waals surface area contributed by atoms with Gasteiger partial charge in [0.2, 0.25) is 0 Å². The largest absolute Gasteiger partial charge is 0.829 e. The van der Waals surface area contributed by atoms with E-state index in [-0.39, 0.29) is 0 Å². The zero-order chi connectivity index (χ0) is 7.72. The van der Waals surface area contributed by atoms with Crippen molar-refractivity contribution in [2.24, 2.45) is 0 Å². The van der Waals surface area contributed by atoms with Crippen molar-refractivity contribution in [3.05, 3.63) is 0 Å². The third-order valence-corrected chi connectivity index (χ3v) is 1.50. The molecule has 60 valence electrons. The van der Waals surface area contributed by atoms with Gasteiger partial charge in [0.05, 0.1) is 12.7 Å². The number of hydrogen-bond acceptors (Lipinski definition) is 5. The molecule has 0 aromatic rings. The lowest BCUT2D eigenvalue weighted by molar-refractivity contribution is -0.498. The number of rotatable bonds is 1. The maximum Gasteiger partial charge on any atom is 0.109 e. The van der Waals surface area contributed by atoms with Crippen LogP contribution in [-0.4, -0.2) is 46.5 Å². The second kappa shape index (κ2) is 2.81. The second-order valence-corrected chi connectivity index (χ2v) is 2.21. The lowest BCUT2D eigenvalue weighted by Crippen LogP contribution is -2.39. The van der Waals surface area contributed by atoms with E-state index in [0.717, 1.165) is 0 Å². The maximum atomic E-state index is 10.5. The van der Waals surface area contributed by atoms with E-state index in [9.17, 15) is 5.11 Å². The smallest absolute Gasteiger partial charge is 0.109 e. The second-order valence-electron chi connectivity index (χ2n) is 2.21. The summed E-state index contributed by atoms with van der Waals surface area (Å²) in [5.41, 5.74) is 0. The van der Waals surface area contributed by atoms with Crippen molar-refractivity contribution < 1.29 is 25.2 Å². The summed E-state index contributed by atoms with van der Waals surface area (Å²) >= 11 is 0. The number of aliphatic hydroxyl groups excluding tert-OH is 3. The lowest BCUT2D eigenvalue weighted by atomic mass is 10.1. The molecule has 3 N–H and O–H groups in total. The van der Waals surface area contributed by atoms with Crippen molar-refractivity contribution in [1.82, 2.24) is 0 Å². The molecule has 1 aliphatic rings. The predicted octanol–water partition coefficient (Wildman–Crippen LogP) is -3.21. The van der Waals surface area contributed by atoms with E-state index in [1.807, 2.05) is 0 Å². The highest BCUT2D eigenvalue weighted by Crippen LogP contribution is 2.16. The molecule has 0 aromatic carbocycles. The monoisotopic (exact) mass is 149 g/mol. The summed E-state index contributed by atoms with van der Waals surface area (Å²) in [5, 5.41) is 36.6. The van der Waals surface area contributed by atoms with Crippen LogP contribution in [0.4, 0.5) is 0 Å². The molecule has 1 aliphatic heterocycles. The van der Waals surface area contributed by atoms with Crippen LogP contribution in [0.1, 0.15) is 0 Å². The molecule has 5 nitrogen and oxygen atoms in total. The van der Waals surface area contributed by atoms with E-state index >= 15 is 0 Å². The Labute approximate surface area is 57.5 Å². The highest BCUT2D eigenvalue weighted by atomic mass is 16.6. The molecule has 0 spiro atoms. The highest BCUT2D eigenvalue weighted by Gasteiger charge is 2.36. The number of aliphatic hydroxyl groups is 3. The minimum absolute atomic E-state index is 0.447. The normalized spacial score (nSPS) is 48.0. The van der Waals surface area contributed by atoms with Gasteiger partial charge >= 0.3 is 0 Å². The quantitative estimate of drug-likeness (QED) is 0.365. The van der Waals surface area contributed by atoms with Crippen molar-refractivity contribution in [1.29, 1.82) is 0 Å². The van der Waals surface area contributed by atoms with E-state index in [0.29, 0.717) is 0 Å². The topological polar surface area (TPSA) is 93.0 Å². The Hall–Kier alpha value is -0.200. The average Bonchev–Trinajstić information content (AvgIpc) is 2.17. The molecule has 1 fully saturated rings. The van der Waals surface area contributed by atoms with Crippen molar-refractivity contribution in [2.45, 2.75) is 24.6 Å². The van der Waals surface area contributed by atoms with Crippen LogP contribution >= 0.6 is 0 Å². The van der Waals surface area contributed by atoms with Gasteiger partial charge in [-0.05, 0) is 0 Å². The summed E-state index contributed by atoms with van der Waals surface area (Å²) in [6.07, 6.45) is -5.24. The summed E-state index contributed by atoms with van der Waals surface area (Å²) in [7, 11) is 0. The van der Waals surface area contributed by atoms with Gasteiger partial charge < -0.3 is 25.2 Å². The average molecular weight is 149 g/mol. The van der Waals surface area contributed by atoms with Crippen LogP contribution in [0, 0.1) is 0 Å². The van der Waals surface area contributed by atoms with Gasteiger partial charge in [-0.3, -0.25) is 0 Å². The van der Waals surface area contributed by atoms with Gasteiger partial charge in [0.25, 0.3) is 0 Å². The van der Waals surface area contributed by atoms with Crippen LogP contribution in [0.15, 0.2) is 0 Å². The van der Waals surface area contributed by atoms with Crippen molar-refractivity contribution in [2.75, 3.05) is 6.61 Å². The third-order valence-electron chi connectivity index (χ3n) is 1.50. The van der Waals surface area contributed by atoms with Gasteiger partial charge in [-0.1, -0.05) is 0 Å². The molecule has 5 heteroatoms. The zero-order valence-electron chi connectivity index (χ0n) is 5.17. The highest BCUT2D eigenvalue weighted by molar-refractivity contribution is 4.84. The number of hydrogen-bond donors (Lipinski definition) is 3. The van der Waals surface area contributed by atoms with Crippen molar-refractivity contribution in [3.8, 4) is 0 Å². The maximum absolute atomic E-state index is 10.5. The summed E-state index contributed by atoms with van der Waals surface area (Å²) < 4.78 is 4.43. The Kier molecular flexibility index (Phi) is 2.22. The fourth-order valence-corrected chi connectivity index (χ4v) is 0.865. The molecule has 1 saturated heterocycles. The molecule has 0 aliphatic carbocycles. The molecular weight excluding hydrogens is 140 g/mol. The molecular formula is C5H9O5-. The van der Waals surface area contributed by atoms with Gasteiger partial charge in [0, 0.05) is 6.29 Å². The minimum atomic E-state index is -1.63. The Morgan fingerprint density at radius 3 is 2.10 bits per heavy atom. The molecule has 0 radical (unpaired) electrons. The van der Waals surface area contributed by atoms with Gasteiger partial charge in [-0.15, -0.1) is 0 Å². The molecule has 1 rings (SSSR count). The lowest BCUT2D eigenvalue weighted by Gasteiger charge is -2.18. The fourth-order valence-electron chi connectivity index (χ4n) is 0.865. The SMILES string of the molecule is [O-][C@@H]1O[C@H](CO)[C@@H](O)[C@H]1O. The molecule has 1 heterocycles. The first-order valence-corrected chi connectivity index (χ1v) is 2.95. The Morgan fingerprint density at radius 1 is 1.30 bits per heavy atom. The summed E-state index contributed by atoms with van der Waals surface area (Å²) in [5.74, 6) is 0. The molecule has 4 atom stereocenters. The molecule has 10 heavy (non-hydrogen) atoms. The summed E-state index contributed by atoms with van der Waals surface area (Å²) in [6.45, 7) is -0.447. The molecule has 0 unspecified atom stereocenters. The van der Waals surface area contributed by atoms with Crippen LogP contribution in [0.25, 0.3) is 0 Å². The summed E-state index contributed by atoms with van der Waals surface area (Å²) in [4.78, 5) is 0. The van der Waals surface area contributed by atoms with Crippen molar-refractivity contribution >= 4 is 0 Å². The van der Waals surface area contributed by atoms with Crippen LogP contribution in [0.2, 0.25) is 0 Å². The van der Waals surface area contributed by atoms with Crippen molar-refractivity contribution in [3.63, 3.8) is 0 Å².